The molecule has 0 aliphatic rings. The minimum atomic E-state index is -0.208. The summed E-state index contributed by atoms with van der Waals surface area (Å²) in [6.07, 6.45) is 0.886. The van der Waals surface area contributed by atoms with E-state index in [9.17, 15) is 9.59 Å². The van der Waals surface area contributed by atoms with Crippen LogP contribution in [-0.4, -0.2) is 53.6 Å². The highest BCUT2D eigenvalue weighted by Crippen LogP contribution is 2.19. The van der Waals surface area contributed by atoms with Crippen molar-refractivity contribution in [3.8, 4) is 5.75 Å². The first kappa shape index (κ1) is 23.7. The highest BCUT2D eigenvalue weighted by Gasteiger charge is 2.12. The number of para-hydroxylation sites is 1. The molecule has 1 amide bonds. The maximum Gasteiger partial charge on any atom is 0.262 e. The third-order valence-electron chi connectivity index (χ3n) is 5.60. The number of hydrogen-bond donors (Lipinski definition) is 2. The number of benzene rings is 2. The summed E-state index contributed by atoms with van der Waals surface area (Å²) < 4.78 is 7.19. The van der Waals surface area contributed by atoms with E-state index in [-0.39, 0.29) is 11.5 Å². The van der Waals surface area contributed by atoms with Gasteiger partial charge in [-0.3, -0.25) is 14.2 Å². The zero-order valence-corrected chi connectivity index (χ0v) is 19.6. The molecule has 0 bridgehead atoms. The van der Waals surface area contributed by atoms with Crippen LogP contribution in [0.25, 0.3) is 10.9 Å². The molecule has 0 aliphatic heterocycles. The van der Waals surface area contributed by atoms with E-state index in [0.717, 1.165) is 31.6 Å². The number of hydrogen-bond acceptors (Lipinski definition) is 5. The third-order valence-corrected chi connectivity index (χ3v) is 5.92. The van der Waals surface area contributed by atoms with Crippen LogP contribution in [-0.2, 0) is 6.54 Å². The molecule has 0 radical (unpaired) electrons. The Balaban J connectivity index is 1.78. The molecule has 0 atom stereocenters. The molecule has 2 N–H and O–H groups in total. The lowest BCUT2D eigenvalue weighted by Gasteiger charge is -2.17. The number of fused-ring (bicyclic) bond motifs is 1. The maximum absolute atomic E-state index is 13.1. The second-order valence-corrected chi connectivity index (χ2v) is 7.92. The molecule has 1 aromatic heterocycles. The van der Waals surface area contributed by atoms with E-state index in [1.54, 1.807) is 25.3 Å². The minimum absolute atomic E-state index is 0.163. The maximum atomic E-state index is 13.1. The van der Waals surface area contributed by atoms with Crippen LogP contribution >= 0.6 is 12.2 Å². The van der Waals surface area contributed by atoms with Gasteiger partial charge in [-0.15, -0.1) is 0 Å². The van der Waals surface area contributed by atoms with Crippen molar-refractivity contribution < 1.29 is 9.53 Å². The summed E-state index contributed by atoms with van der Waals surface area (Å²) in [4.78, 5) is 31.1. The number of ether oxygens (including phenoxy) is 1. The zero-order valence-electron chi connectivity index (χ0n) is 18.8. The molecule has 0 fully saturated rings. The van der Waals surface area contributed by atoms with Gasteiger partial charge in [-0.05, 0) is 62.5 Å². The molecule has 1 heterocycles. The van der Waals surface area contributed by atoms with E-state index in [2.05, 4.69) is 29.0 Å². The Hall–Kier alpha value is -2.97. The Kier molecular flexibility index (Phi) is 8.19. The van der Waals surface area contributed by atoms with Crippen molar-refractivity contribution in [1.29, 1.82) is 0 Å². The number of H-pyrrole nitrogens is 1. The molecule has 170 valence electrons. The Morgan fingerprint density at radius 2 is 1.94 bits per heavy atom. The average molecular weight is 455 g/mol. The Morgan fingerprint density at radius 3 is 2.66 bits per heavy atom. The molecule has 8 heteroatoms. The smallest absolute Gasteiger partial charge is 0.262 e. The number of nitrogens with one attached hydrogen (secondary N) is 2. The lowest BCUT2D eigenvalue weighted by Crippen LogP contribution is -2.30. The zero-order chi connectivity index (χ0) is 23.1. The Labute approximate surface area is 193 Å². The van der Waals surface area contributed by atoms with Gasteiger partial charge in [-0.25, -0.2) is 0 Å². The second kappa shape index (κ2) is 11.1. The molecule has 0 aliphatic carbocycles. The quantitative estimate of drug-likeness (QED) is 0.362. The predicted molar refractivity (Wildman–Crippen MR) is 130 cm³/mol. The number of rotatable bonds is 10. The molecule has 3 rings (SSSR count). The fourth-order valence-electron chi connectivity index (χ4n) is 3.69. The number of carbonyl (C=O) groups excluding carboxylic acids is 1. The highest BCUT2D eigenvalue weighted by atomic mass is 32.1. The molecule has 3 aromatic rings. The number of aromatic amines is 1. The fourth-order valence-corrected chi connectivity index (χ4v) is 3.95. The van der Waals surface area contributed by atoms with Gasteiger partial charge in [0, 0.05) is 17.7 Å². The van der Waals surface area contributed by atoms with Gasteiger partial charge in [-0.2, -0.15) is 0 Å². The lowest BCUT2D eigenvalue weighted by atomic mass is 10.1. The van der Waals surface area contributed by atoms with Crippen LogP contribution in [0.1, 0.15) is 36.2 Å². The van der Waals surface area contributed by atoms with Crippen molar-refractivity contribution in [2.75, 3.05) is 33.3 Å². The standard InChI is InChI=1S/C24H30N4O3S/c1-4-27(5-2)14-8-13-25-22(29)17-11-12-19-20(15-17)26-24(32)28(23(19)30)16-18-9-6-7-10-21(18)31-3/h6-7,9-12,15H,4-5,8,13-14,16H2,1-3H3,(H,25,29)(H,26,32). The molecule has 7 nitrogen and oxygen atoms in total. The predicted octanol–water partition coefficient (Wildman–Crippen LogP) is 3.58. The number of carbonyl (C=O) groups is 1. The normalized spacial score (nSPS) is 11.1. The van der Waals surface area contributed by atoms with Gasteiger partial charge in [0.25, 0.3) is 11.5 Å². The topological polar surface area (TPSA) is 79.4 Å². The van der Waals surface area contributed by atoms with E-state index >= 15 is 0 Å². The lowest BCUT2D eigenvalue weighted by molar-refractivity contribution is 0.0952. The van der Waals surface area contributed by atoms with Gasteiger partial charge in [0.05, 0.1) is 24.6 Å². The first-order valence-electron chi connectivity index (χ1n) is 10.9. The molecule has 0 unspecified atom stereocenters. The van der Waals surface area contributed by atoms with Gasteiger partial charge in [0.2, 0.25) is 0 Å². The number of nitrogens with zero attached hydrogens (tertiary/aromatic N) is 2. The first-order valence-corrected chi connectivity index (χ1v) is 11.3. The molecule has 0 spiro atoms. The van der Waals surface area contributed by atoms with Crippen molar-refractivity contribution in [2.24, 2.45) is 0 Å². The number of amides is 1. The minimum Gasteiger partial charge on any atom is -0.496 e. The van der Waals surface area contributed by atoms with Crippen LogP contribution in [0.5, 0.6) is 5.75 Å². The molecular weight excluding hydrogens is 424 g/mol. The summed E-state index contributed by atoms with van der Waals surface area (Å²) in [7, 11) is 1.60. The van der Waals surface area contributed by atoms with Gasteiger partial charge < -0.3 is 19.9 Å². The van der Waals surface area contributed by atoms with E-state index in [4.69, 9.17) is 17.0 Å². The Morgan fingerprint density at radius 1 is 1.19 bits per heavy atom. The van der Waals surface area contributed by atoms with Crippen molar-refractivity contribution in [1.82, 2.24) is 19.8 Å². The monoisotopic (exact) mass is 454 g/mol. The summed E-state index contributed by atoms with van der Waals surface area (Å²) >= 11 is 5.45. The summed E-state index contributed by atoms with van der Waals surface area (Å²) in [5.74, 6) is 0.533. The van der Waals surface area contributed by atoms with Gasteiger partial charge >= 0.3 is 0 Å². The van der Waals surface area contributed by atoms with Crippen molar-refractivity contribution in [3.05, 3.63) is 68.7 Å². The summed E-state index contributed by atoms with van der Waals surface area (Å²) in [6.45, 7) is 8.11. The van der Waals surface area contributed by atoms with Crippen LogP contribution in [0.15, 0.2) is 47.3 Å². The van der Waals surface area contributed by atoms with E-state index in [1.165, 1.54) is 4.57 Å². The van der Waals surface area contributed by atoms with Crippen molar-refractivity contribution >= 4 is 29.0 Å². The molecule has 2 aromatic carbocycles. The van der Waals surface area contributed by atoms with Crippen LogP contribution in [0.2, 0.25) is 0 Å². The summed E-state index contributed by atoms with van der Waals surface area (Å²) in [6, 6.07) is 12.5. The highest BCUT2D eigenvalue weighted by molar-refractivity contribution is 7.71. The fraction of sp³-hybridized carbons (Fsp3) is 0.375. The number of aromatic nitrogens is 2. The van der Waals surface area contributed by atoms with Crippen LogP contribution in [0, 0.1) is 4.77 Å². The molecule has 0 saturated heterocycles. The van der Waals surface area contributed by atoms with E-state index in [1.807, 2.05) is 24.3 Å². The third kappa shape index (κ3) is 5.44. The molecule has 32 heavy (non-hydrogen) atoms. The van der Waals surface area contributed by atoms with Crippen LogP contribution in [0.3, 0.4) is 0 Å². The number of methoxy groups -OCH3 is 1. The first-order chi connectivity index (χ1) is 15.5. The van der Waals surface area contributed by atoms with Crippen molar-refractivity contribution in [2.45, 2.75) is 26.8 Å². The molecular formula is C24H30N4O3S. The second-order valence-electron chi connectivity index (χ2n) is 7.53. The largest absolute Gasteiger partial charge is 0.496 e. The van der Waals surface area contributed by atoms with E-state index < -0.39 is 0 Å². The average Bonchev–Trinajstić information content (AvgIpc) is 2.81. The Bertz CT molecular complexity index is 1200. The summed E-state index contributed by atoms with van der Waals surface area (Å²) in [5.41, 5.74) is 1.69. The van der Waals surface area contributed by atoms with Gasteiger partial charge in [-0.1, -0.05) is 32.0 Å². The molecule has 0 saturated carbocycles. The van der Waals surface area contributed by atoms with Gasteiger partial charge in [0.15, 0.2) is 4.77 Å². The van der Waals surface area contributed by atoms with Crippen LogP contribution in [0.4, 0.5) is 0 Å². The van der Waals surface area contributed by atoms with Gasteiger partial charge in [0.1, 0.15) is 5.75 Å². The van der Waals surface area contributed by atoms with E-state index in [0.29, 0.717) is 40.1 Å². The van der Waals surface area contributed by atoms with Crippen molar-refractivity contribution in [3.63, 3.8) is 0 Å². The van der Waals surface area contributed by atoms with Crippen LogP contribution < -0.4 is 15.6 Å². The summed E-state index contributed by atoms with van der Waals surface area (Å²) in [5, 5.41) is 3.43. The SMILES string of the molecule is CCN(CC)CCCNC(=O)c1ccc2c(=O)n(Cc3ccccc3OC)c(=S)[nH]c2c1.